The lowest BCUT2D eigenvalue weighted by atomic mass is 9.98. The fourth-order valence-corrected chi connectivity index (χ4v) is 2.88. The number of nitrogens with zero attached hydrogens (tertiary/aromatic N) is 2. The van der Waals surface area contributed by atoms with Gasteiger partial charge in [-0.15, -0.1) is 0 Å². The van der Waals surface area contributed by atoms with E-state index in [0.717, 1.165) is 24.5 Å². The van der Waals surface area contributed by atoms with Crippen molar-refractivity contribution in [3.63, 3.8) is 0 Å². The van der Waals surface area contributed by atoms with Crippen LogP contribution >= 0.6 is 0 Å². The van der Waals surface area contributed by atoms with Crippen molar-refractivity contribution in [1.82, 2.24) is 5.16 Å². The summed E-state index contributed by atoms with van der Waals surface area (Å²) in [7, 11) is 0. The monoisotopic (exact) mass is 271 g/mol. The second-order valence-corrected chi connectivity index (χ2v) is 6.18. The first-order chi connectivity index (χ1) is 9.46. The predicted octanol–water partition coefficient (Wildman–Crippen LogP) is 3.50. The summed E-state index contributed by atoms with van der Waals surface area (Å²) < 4.78 is 5.28. The normalized spacial score (nSPS) is 16.7. The molecule has 0 aliphatic carbocycles. The summed E-state index contributed by atoms with van der Waals surface area (Å²) in [6.45, 7) is 10.2. The Labute approximate surface area is 119 Å². The van der Waals surface area contributed by atoms with Gasteiger partial charge in [-0.25, -0.2) is 0 Å². The van der Waals surface area contributed by atoms with Crippen molar-refractivity contribution < 1.29 is 4.52 Å². The summed E-state index contributed by atoms with van der Waals surface area (Å²) in [6, 6.07) is 8.45. The van der Waals surface area contributed by atoms with Gasteiger partial charge in [0.25, 0.3) is 0 Å². The van der Waals surface area contributed by atoms with Gasteiger partial charge in [-0.3, -0.25) is 0 Å². The van der Waals surface area contributed by atoms with Crippen LogP contribution in [0.2, 0.25) is 0 Å². The first-order valence-electron chi connectivity index (χ1n) is 7.00. The van der Waals surface area contributed by atoms with Gasteiger partial charge in [0.05, 0.1) is 17.1 Å². The number of benzene rings is 1. The van der Waals surface area contributed by atoms with Gasteiger partial charge in [0.15, 0.2) is 0 Å². The van der Waals surface area contributed by atoms with Crippen molar-refractivity contribution in [1.29, 1.82) is 0 Å². The molecule has 4 heteroatoms. The number of aryl methyl sites for hydroxylation is 2. The van der Waals surface area contributed by atoms with Gasteiger partial charge >= 0.3 is 0 Å². The minimum atomic E-state index is 0.0489. The van der Waals surface area contributed by atoms with E-state index in [-0.39, 0.29) is 5.54 Å². The molecule has 0 bridgehead atoms. The molecular weight excluding hydrogens is 250 g/mol. The van der Waals surface area contributed by atoms with Crippen LogP contribution < -0.4 is 10.2 Å². The standard InChI is InChI=1S/C16H21N3O/c1-11-13(12(2)20-18-11)9-19-10-16(3,4)17-14-7-5-6-8-15(14)19/h5-8,17H,9-10H2,1-4H3. The Morgan fingerprint density at radius 1 is 1.30 bits per heavy atom. The van der Waals surface area contributed by atoms with Crippen LogP contribution in [0.15, 0.2) is 28.8 Å². The van der Waals surface area contributed by atoms with E-state index in [2.05, 4.69) is 53.5 Å². The molecular formula is C16H21N3O. The number of hydrogen-bond donors (Lipinski definition) is 1. The highest BCUT2D eigenvalue weighted by molar-refractivity contribution is 5.73. The highest BCUT2D eigenvalue weighted by Crippen LogP contribution is 2.35. The molecule has 1 N–H and O–H groups in total. The number of fused-ring (bicyclic) bond motifs is 1. The third-order valence-electron chi connectivity index (χ3n) is 3.83. The topological polar surface area (TPSA) is 41.3 Å². The molecule has 0 saturated carbocycles. The number of anilines is 2. The molecule has 1 aromatic carbocycles. The zero-order valence-electron chi connectivity index (χ0n) is 12.5. The number of rotatable bonds is 2. The van der Waals surface area contributed by atoms with Crippen LogP contribution in [-0.2, 0) is 6.54 Å². The number of nitrogens with one attached hydrogen (secondary N) is 1. The molecule has 0 saturated heterocycles. The molecule has 2 aromatic rings. The van der Waals surface area contributed by atoms with Crippen molar-refractivity contribution in [3.05, 3.63) is 41.3 Å². The maximum absolute atomic E-state index is 5.28. The molecule has 0 amide bonds. The Bertz CT molecular complexity index is 611. The van der Waals surface area contributed by atoms with Crippen LogP contribution in [0.3, 0.4) is 0 Å². The minimum absolute atomic E-state index is 0.0489. The van der Waals surface area contributed by atoms with Gasteiger partial charge in [-0.1, -0.05) is 17.3 Å². The third-order valence-corrected chi connectivity index (χ3v) is 3.83. The van der Waals surface area contributed by atoms with Crippen molar-refractivity contribution >= 4 is 11.4 Å². The first kappa shape index (κ1) is 13.0. The van der Waals surface area contributed by atoms with Gasteiger partial charge in [-0.05, 0) is 39.8 Å². The fraction of sp³-hybridized carbons (Fsp3) is 0.438. The maximum Gasteiger partial charge on any atom is 0.138 e. The van der Waals surface area contributed by atoms with Gasteiger partial charge in [0, 0.05) is 24.2 Å². The zero-order chi connectivity index (χ0) is 14.3. The van der Waals surface area contributed by atoms with Crippen LogP contribution in [0.4, 0.5) is 11.4 Å². The van der Waals surface area contributed by atoms with Crippen LogP contribution in [0, 0.1) is 13.8 Å². The Hall–Kier alpha value is -1.97. The Balaban J connectivity index is 1.97. The van der Waals surface area contributed by atoms with Gasteiger partial charge < -0.3 is 14.7 Å². The predicted molar refractivity (Wildman–Crippen MR) is 81.2 cm³/mol. The van der Waals surface area contributed by atoms with E-state index in [1.54, 1.807) is 0 Å². The third kappa shape index (κ3) is 2.26. The second-order valence-electron chi connectivity index (χ2n) is 6.18. The van der Waals surface area contributed by atoms with Crippen molar-refractivity contribution in [3.8, 4) is 0 Å². The average Bonchev–Trinajstić information content (AvgIpc) is 2.69. The number of para-hydroxylation sites is 2. The molecule has 0 radical (unpaired) electrons. The van der Waals surface area contributed by atoms with E-state index in [1.807, 2.05) is 13.8 Å². The quantitative estimate of drug-likeness (QED) is 0.907. The lowest BCUT2D eigenvalue weighted by Gasteiger charge is -2.42. The van der Waals surface area contributed by atoms with Gasteiger partial charge in [0.2, 0.25) is 0 Å². The summed E-state index contributed by atoms with van der Waals surface area (Å²) >= 11 is 0. The molecule has 3 rings (SSSR count). The Morgan fingerprint density at radius 2 is 2.05 bits per heavy atom. The molecule has 1 aromatic heterocycles. The van der Waals surface area contributed by atoms with E-state index in [4.69, 9.17) is 4.52 Å². The summed E-state index contributed by atoms with van der Waals surface area (Å²) in [4.78, 5) is 2.40. The van der Waals surface area contributed by atoms with E-state index < -0.39 is 0 Å². The van der Waals surface area contributed by atoms with E-state index in [0.29, 0.717) is 0 Å². The van der Waals surface area contributed by atoms with Crippen molar-refractivity contribution in [2.45, 2.75) is 39.8 Å². The molecule has 106 valence electrons. The lowest BCUT2D eigenvalue weighted by Crippen LogP contribution is -2.48. The largest absolute Gasteiger partial charge is 0.377 e. The molecule has 1 aliphatic heterocycles. The van der Waals surface area contributed by atoms with Crippen LogP contribution in [0.1, 0.15) is 30.9 Å². The Morgan fingerprint density at radius 3 is 2.75 bits per heavy atom. The molecule has 0 unspecified atom stereocenters. The van der Waals surface area contributed by atoms with E-state index in [1.165, 1.54) is 16.9 Å². The molecule has 0 spiro atoms. The van der Waals surface area contributed by atoms with Crippen molar-refractivity contribution in [2.75, 3.05) is 16.8 Å². The van der Waals surface area contributed by atoms with Crippen LogP contribution in [-0.4, -0.2) is 17.2 Å². The van der Waals surface area contributed by atoms with E-state index >= 15 is 0 Å². The Kier molecular flexibility index (Phi) is 2.96. The summed E-state index contributed by atoms with van der Waals surface area (Å²) in [5.74, 6) is 0.913. The fourth-order valence-electron chi connectivity index (χ4n) is 2.88. The molecule has 4 nitrogen and oxygen atoms in total. The number of hydrogen-bond acceptors (Lipinski definition) is 4. The molecule has 1 aliphatic rings. The maximum atomic E-state index is 5.28. The highest BCUT2D eigenvalue weighted by Gasteiger charge is 2.30. The molecule has 0 fully saturated rings. The van der Waals surface area contributed by atoms with Gasteiger partial charge in [-0.2, -0.15) is 0 Å². The van der Waals surface area contributed by atoms with Crippen LogP contribution in [0.5, 0.6) is 0 Å². The smallest absolute Gasteiger partial charge is 0.138 e. The van der Waals surface area contributed by atoms with Gasteiger partial charge in [0.1, 0.15) is 5.76 Å². The first-order valence-corrected chi connectivity index (χ1v) is 7.00. The molecule has 0 atom stereocenters. The summed E-state index contributed by atoms with van der Waals surface area (Å²) in [5.41, 5.74) is 4.66. The van der Waals surface area contributed by atoms with Crippen LogP contribution in [0.25, 0.3) is 0 Å². The minimum Gasteiger partial charge on any atom is -0.377 e. The second kappa shape index (κ2) is 4.54. The highest BCUT2D eigenvalue weighted by atomic mass is 16.5. The van der Waals surface area contributed by atoms with E-state index in [9.17, 15) is 0 Å². The average molecular weight is 271 g/mol. The molecule has 20 heavy (non-hydrogen) atoms. The number of aromatic nitrogens is 1. The SMILES string of the molecule is Cc1noc(C)c1CN1CC(C)(C)Nc2ccccc21. The molecule has 2 heterocycles. The zero-order valence-corrected chi connectivity index (χ0v) is 12.5. The summed E-state index contributed by atoms with van der Waals surface area (Å²) in [6.07, 6.45) is 0. The lowest BCUT2D eigenvalue weighted by molar-refractivity contribution is 0.392. The van der Waals surface area contributed by atoms with Crippen molar-refractivity contribution in [2.24, 2.45) is 0 Å². The summed E-state index contributed by atoms with van der Waals surface area (Å²) in [5, 5.41) is 7.65.